The highest BCUT2D eigenvalue weighted by Gasteiger charge is 2.57. The number of ether oxygens (including phenoxy) is 1. The molecule has 2 fully saturated rings. The number of nitrogens with one attached hydrogen (secondary N) is 1. The Morgan fingerprint density at radius 2 is 1.92 bits per heavy atom. The molecule has 1 aliphatic carbocycles. The van der Waals surface area contributed by atoms with Gasteiger partial charge in [0.05, 0.1) is 41.6 Å². The number of rotatable bonds is 1. The Hall–Kier alpha value is -3.13. The maximum absolute atomic E-state index is 15.8. The standard InChI is InChI=1S/C22H20F7N5O2/c1-7-11(22(27,28)29)10(14(25)16(30)12(7)23)18-15(26)17-8(5-31-18)20(33-21(2,35)32-17)34-3-4-36-6-9-13(24)19(9)34/h5,9,13,19,32,35H,3-4,6,30H2,1-2H3/t9-,13-,19-,21?/m0/s1. The summed E-state index contributed by atoms with van der Waals surface area (Å²) in [6.45, 7) is 2.37. The van der Waals surface area contributed by atoms with Gasteiger partial charge in [0, 0.05) is 25.6 Å². The van der Waals surface area contributed by atoms with Crippen LogP contribution in [0.5, 0.6) is 0 Å². The van der Waals surface area contributed by atoms with Crippen LogP contribution in [0, 0.1) is 30.3 Å². The number of aliphatic hydroxyl groups is 1. The lowest BCUT2D eigenvalue weighted by molar-refractivity contribution is -0.137. The van der Waals surface area contributed by atoms with Gasteiger partial charge < -0.3 is 25.8 Å². The van der Waals surface area contributed by atoms with E-state index >= 15 is 4.39 Å². The van der Waals surface area contributed by atoms with Crippen LogP contribution in [0.4, 0.5) is 42.1 Å². The average Bonchev–Trinajstić information content (AvgIpc) is 3.48. The molecular weight excluding hydrogens is 499 g/mol. The number of aliphatic imine (C=N–C) groups is 1. The highest BCUT2D eigenvalue weighted by atomic mass is 19.4. The topological polar surface area (TPSA) is 96.0 Å². The lowest BCUT2D eigenvalue weighted by Gasteiger charge is -2.35. The third kappa shape index (κ3) is 3.65. The molecule has 0 spiro atoms. The molecule has 1 aromatic heterocycles. The Balaban J connectivity index is 1.71. The molecule has 4 N–H and O–H groups in total. The van der Waals surface area contributed by atoms with E-state index in [1.165, 1.54) is 4.90 Å². The second-order valence-electron chi connectivity index (χ2n) is 9.07. The largest absolute Gasteiger partial charge is 0.417 e. The number of alkyl halides is 4. The first-order valence-electron chi connectivity index (χ1n) is 10.9. The number of benzene rings is 1. The molecular formula is C22H20F7N5O2. The number of aromatic nitrogens is 1. The first kappa shape index (κ1) is 24.6. The van der Waals surface area contributed by atoms with Gasteiger partial charge in [-0.25, -0.2) is 22.6 Å². The molecule has 14 heteroatoms. The first-order chi connectivity index (χ1) is 16.7. The number of hydrogen-bond acceptors (Lipinski definition) is 7. The molecule has 2 aliphatic heterocycles. The van der Waals surface area contributed by atoms with Crippen LogP contribution in [0.15, 0.2) is 11.2 Å². The molecule has 3 aliphatic rings. The molecule has 0 amide bonds. The second-order valence-corrected chi connectivity index (χ2v) is 9.07. The van der Waals surface area contributed by atoms with E-state index < -0.39 is 81.4 Å². The summed E-state index contributed by atoms with van der Waals surface area (Å²) < 4.78 is 106. The number of fused-ring (bicyclic) bond motifs is 2. The lowest BCUT2D eigenvalue weighted by Crippen LogP contribution is -2.46. The van der Waals surface area contributed by atoms with Crippen LogP contribution in [0.25, 0.3) is 11.3 Å². The Morgan fingerprint density at radius 3 is 2.58 bits per heavy atom. The monoisotopic (exact) mass is 519 g/mol. The van der Waals surface area contributed by atoms with E-state index in [2.05, 4.69) is 15.3 Å². The van der Waals surface area contributed by atoms with Crippen molar-refractivity contribution in [1.82, 2.24) is 9.88 Å². The maximum Gasteiger partial charge on any atom is 0.417 e. The van der Waals surface area contributed by atoms with E-state index in [1.54, 1.807) is 0 Å². The third-order valence-electron chi connectivity index (χ3n) is 6.56. The van der Waals surface area contributed by atoms with Crippen LogP contribution in [0.1, 0.15) is 23.6 Å². The average molecular weight is 519 g/mol. The molecule has 5 rings (SSSR count). The zero-order valence-electron chi connectivity index (χ0n) is 18.9. The number of anilines is 2. The molecule has 3 heterocycles. The molecule has 36 heavy (non-hydrogen) atoms. The van der Waals surface area contributed by atoms with Crippen molar-refractivity contribution in [3.63, 3.8) is 0 Å². The second kappa shape index (κ2) is 7.93. The van der Waals surface area contributed by atoms with Crippen LogP contribution >= 0.6 is 0 Å². The van der Waals surface area contributed by atoms with E-state index in [0.717, 1.165) is 20.0 Å². The molecule has 1 saturated carbocycles. The van der Waals surface area contributed by atoms with Gasteiger partial charge >= 0.3 is 6.18 Å². The molecule has 194 valence electrons. The van der Waals surface area contributed by atoms with Crippen molar-refractivity contribution in [2.75, 3.05) is 30.8 Å². The summed E-state index contributed by atoms with van der Waals surface area (Å²) in [7, 11) is 0. The smallest absolute Gasteiger partial charge is 0.394 e. The lowest BCUT2D eigenvalue weighted by atomic mass is 9.94. The van der Waals surface area contributed by atoms with Gasteiger partial charge in [0.2, 0.25) is 5.85 Å². The van der Waals surface area contributed by atoms with Gasteiger partial charge in [-0.3, -0.25) is 4.98 Å². The van der Waals surface area contributed by atoms with Gasteiger partial charge in [0.25, 0.3) is 0 Å². The molecule has 1 unspecified atom stereocenters. The Bertz CT molecular complexity index is 1300. The van der Waals surface area contributed by atoms with Crippen molar-refractivity contribution >= 4 is 17.2 Å². The van der Waals surface area contributed by atoms with Crippen LogP contribution in [0.2, 0.25) is 0 Å². The van der Waals surface area contributed by atoms with Crippen molar-refractivity contribution < 1.29 is 40.6 Å². The highest BCUT2D eigenvalue weighted by molar-refractivity contribution is 6.06. The van der Waals surface area contributed by atoms with Crippen molar-refractivity contribution in [3.8, 4) is 11.3 Å². The zero-order chi connectivity index (χ0) is 26.3. The molecule has 1 saturated heterocycles. The van der Waals surface area contributed by atoms with E-state index in [-0.39, 0.29) is 31.2 Å². The summed E-state index contributed by atoms with van der Waals surface area (Å²) in [5.74, 6) is -7.61. The molecule has 0 bridgehead atoms. The number of nitrogens with two attached hydrogens (primary N) is 1. The summed E-state index contributed by atoms with van der Waals surface area (Å²) in [6, 6.07) is -0.662. The van der Waals surface area contributed by atoms with Gasteiger partial charge in [-0.05, 0) is 12.5 Å². The van der Waals surface area contributed by atoms with Crippen LogP contribution in [0.3, 0.4) is 0 Å². The normalized spacial score (nSPS) is 27.6. The summed E-state index contributed by atoms with van der Waals surface area (Å²) >= 11 is 0. The summed E-state index contributed by atoms with van der Waals surface area (Å²) in [6.07, 6.45) is -5.62. The van der Waals surface area contributed by atoms with Gasteiger partial charge in [-0.1, -0.05) is 0 Å². The minimum Gasteiger partial charge on any atom is -0.394 e. The van der Waals surface area contributed by atoms with Crippen LogP contribution in [-0.2, 0) is 10.9 Å². The van der Waals surface area contributed by atoms with Gasteiger partial charge in [0.15, 0.2) is 17.5 Å². The minimum absolute atomic E-state index is 0.0568. The molecule has 7 nitrogen and oxygen atoms in total. The number of amidine groups is 1. The Labute approximate surface area is 199 Å². The Kier molecular flexibility index (Phi) is 5.41. The predicted molar refractivity (Wildman–Crippen MR) is 114 cm³/mol. The van der Waals surface area contributed by atoms with Gasteiger partial charge in [0.1, 0.15) is 23.4 Å². The van der Waals surface area contributed by atoms with E-state index in [4.69, 9.17) is 10.5 Å². The van der Waals surface area contributed by atoms with E-state index in [0.29, 0.717) is 0 Å². The van der Waals surface area contributed by atoms with Crippen molar-refractivity contribution in [2.24, 2.45) is 10.9 Å². The summed E-state index contributed by atoms with van der Waals surface area (Å²) in [4.78, 5) is 9.35. The quantitative estimate of drug-likeness (QED) is 0.394. The number of hydrogen-bond donors (Lipinski definition) is 3. The van der Waals surface area contributed by atoms with Crippen LogP contribution < -0.4 is 11.1 Å². The van der Waals surface area contributed by atoms with Crippen LogP contribution in [-0.4, -0.2) is 58.6 Å². The molecule has 4 atom stereocenters. The van der Waals surface area contributed by atoms with Gasteiger partial charge in [-0.2, -0.15) is 13.2 Å². The highest BCUT2D eigenvalue weighted by Crippen LogP contribution is 2.47. The number of nitrogens with zero attached hydrogens (tertiary/aromatic N) is 3. The first-order valence-corrected chi connectivity index (χ1v) is 10.9. The SMILES string of the molecule is Cc1c(F)c(N)c(F)c(-c2ncc3c(c2F)NC(C)(O)N=C3N2CCOC[C@H]3[C@H](F)[C@H]32)c1C(F)(F)F. The van der Waals surface area contributed by atoms with E-state index in [9.17, 15) is 31.4 Å². The molecule has 1 aromatic carbocycles. The number of halogens is 7. The fraction of sp³-hybridized carbons (Fsp3) is 0.455. The summed E-state index contributed by atoms with van der Waals surface area (Å²) in [5, 5.41) is 13.0. The molecule has 2 aromatic rings. The fourth-order valence-electron chi connectivity index (χ4n) is 4.81. The number of nitrogen functional groups attached to an aromatic ring is 1. The number of pyridine rings is 1. The Morgan fingerprint density at radius 1 is 1.22 bits per heavy atom. The predicted octanol–water partition coefficient (Wildman–Crippen LogP) is 3.58. The van der Waals surface area contributed by atoms with Crippen molar-refractivity contribution in [1.29, 1.82) is 0 Å². The van der Waals surface area contributed by atoms with E-state index in [1.807, 2.05) is 0 Å². The fourth-order valence-corrected chi connectivity index (χ4v) is 4.81. The zero-order valence-corrected chi connectivity index (χ0v) is 18.9. The third-order valence-corrected chi connectivity index (χ3v) is 6.56. The van der Waals surface area contributed by atoms with Gasteiger partial charge in [-0.15, -0.1) is 0 Å². The minimum atomic E-state index is -5.28. The molecule has 0 radical (unpaired) electrons. The van der Waals surface area contributed by atoms with Crippen molar-refractivity contribution in [2.45, 2.75) is 38.1 Å². The summed E-state index contributed by atoms with van der Waals surface area (Å²) in [5.41, 5.74) is -1.82. The van der Waals surface area contributed by atoms with Crippen molar-refractivity contribution in [3.05, 3.63) is 40.3 Å². The maximum atomic E-state index is 15.8.